The monoisotopic (exact) mass is 256 g/mol. The average molecular weight is 256 g/mol. The van der Waals surface area contributed by atoms with Crippen molar-refractivity contribution in [1.82, 2.24) is 10.2 Å². The van der Waals surface area contributed by atoms with Crippen LogP contribution in [0.1, 0.15) is 48.0 Å². The van der Waals surface area contributed by atoms with Crippen molar-refractivity contribution in [3.8, 4) is 0 Å². The predicted molar refractivity (Wildman–Crippen MR) is 78.0 cm³/mol. The molecule has 108 valence electrons. The predicted octanol–water partition coefficient (Wildman–Crippen LogP) is 2.51. The Labute approximate surface area is 113 Å². The summed E-state index contributed by atoms with van der Waals surface area (Å²) in [5.41, 5.74) is 0.244. The molecule has 0 radical (unpaired) electrons. The normalized spacial score (nSPS) is 25.0. The van der Waals surface area contributed by atoms with Gasteiger partial charge in [0.25, 0.3) is 0 Å². The van der Waals surface area contributed by atoms with Crippen LogP contribution in [0.4, 0.5) is 0 Å². The van der Waals surface area contributed by atoms with Crippen molar-refractivity contribution in [3.05, 3.63) is 0 Å². The molecule has 0 aromatic carbocycles. The minimum absolute atomic E-state index is 0.244. The molecule has 3 heteroatoms. The van der Waals surface area contributed by atoms with E-state index in [2.05, 4.69) is 51.8 Å². The zero-order valence-corrected chi connectivity index (χ0v) is 13.1. The lowest BCUT2D eigenvalue weighted by atomic mass is 9.94. The van der Waals surface area contributed by atoms with E-state index in [4.69, 9.17) is 4.74 Å². The minimum atomic E-state index is 0.244. The van der Waals surface area contributed by atoms with Crippen molar-refractivity contribution in [1.29, 1.82) is 0 Å². The van der Waals surface area contributed by atoms with Crippen molar-refractivity contribution in [2.45, 2.75) is 65.6 Å². The Morgan fingerprint density at radius 1 is 1.28 bits per heavy atom. The van der Waals surface area contributed by atoms with Crippen LogP contribution < -0.4 is 5.32 Å². The number of rotatable bonds is 6. The molecule has 1 atom stereocenters. The van der Waals surface area contributed by atoms with Gasteiger partial charge in [0.1, 0.15) is 0 Å². The van der Waals surface area contributed by atoms with Gasteiger partial charge in [0.15, 0.2) is 0 Å². The summed E-state index contributed by atoms with van der Waals surface area (Å²) in [5, 5.41) is 3.69. The van der Waals surface area contributed by atoms with Crippen molar-refractivity contribution >= 4 is 0 Å². The summed E-state index contributed by atoms with van der Waals surface area (Å²) >= 11 is 0. The third-order valence-corrected chi connectivity index (χ3v) is 3.69. The first kappa shape index (κ1) is 15.9. The van der Waals surface area contributed by atoms with Crippen LogP contribution in [0.25, 0.3) is 0 Å². The molecule has 1 aliphatic heterocycles. The summed E-state index contributed by atoms with van der Waals surface area (Å²) < 4.78 is 5.69. The third kappa shape index (κ3) is 5.25. The summed E-state index contributed by atoms with van der Waals surface area (Å²) in [6.45, 7) is 17.5. The van der Waals surface area contributed by atoms with E-state index in [1.165, 1.54) is 6.42 Å². The van der Waals surface area contributed by atoms with Gasteiger partial charge in [0.05, 0.1) is 12.7 Å². The van der Waals surface area contributed by atoms with Gasteiger partial charge in [-0.3, -0.25) is 4.90 Å². The van der Waals surface area contributed by atoms with Crippen LogP contribution in [0.5, 0.6) is 0 Å². The minimum Gasteiger partial charge on any atom is -0.377 e. The van der Waals surface area contributed by atoms with E-state index in [1.54, 1.807) is 0 Å². The average Bonchev–Trinajstić information content (AvgIpc) is 2.21. The summed E-state index contributed by atoms with van der Waals surface area (Å²) in [6, 6.07) is 0.636. The summed E-state index contributed by atoms with van der Waals surface area (Å²) in [4.78, 5) is 2.58. The Hall–Kier alpha value is -0.120. The number of nitrogens with zero attached hydrogens (tertiary/aromatic N) is 1. The molecule has 1 aliphatic rings. The molecule has 1 rings (SSSR count). The lowest BCUT2D eigenvalue weighted by Crippen LogP contribution is -2.62. The van der Waals surface area contributed by atoms with E-state index in [0.717, 1.165) is 32.2 Å². The summed E-state index contributed by atoms with van der Waals surface area (Å²) in [5.74, 6) is 0.762. The van der Waals surface area contributed by atoms with Crippen molar-refractivity contribution in [2.24, 2.45) is 5.92 Å². The second-order valence-corrected chi connectivity index (χ2v) is 6.89. The fourth-order valence-corrected chi connectivity index (χ4v) is 2.60. The summed E-state index contributed by atoms with van der Waals surface area (Å²) in [6.07, 6.45) is 1.60. The standard InChI is InChI=1S/C15H32N2O/c1-12(2)9-14-10-17(7-8-18-13(3)4)15(5,6)11-16-14/h12-14,16H,7-11H2,1-6H3. The summed E-state index contributed by atoms with van der Waals surface area (Å²) in [7, 11) is 0. The first-order chi connectivity index (χ1) is 8.31. The highest BCUT2D eigenvalue weighted by Crippen LogP contribution is 2.20. The molecular formula is C15H32N2O. The van der Waals surface area contributed by atoms with Gasteiger partial charge in [0.2, 0.25) is 0 Å². The first-order valence-corrected chi connectivity index (χ1v) is 7.41. The molecule has 1 heterocycles. The maximum Gasteiger partial charge on any atom is 0.0597 e. The van der Waals surface area contributed by atoms with Gasteiger partial charge in [0, 0.05) is 31.2 Å². The molecule has 0 saturated carbocycles. The zero-order valence-electron chi connectivity index (χ0n) is 13.1. The number of hydrogen-bond acceptors (Lipinski definition) is 3. The smallest absolute Gasteiger partial charge is 0.0597 e. The Morgan fingerprint density at radius 3 is 2.50 bits per heavy atom. The van der Waals surface area contributed by atoms with E-state index in [-0.39, 0.29) is 5.54 Å². The van der Waals surface area contributed by atoms with E-state index < -0.39 is 0 Å². The van der Waals surface area contributed by atoms with E-state index in [0.29, 0.717) is 12.1 Å². The molecule has 0 aromatic rings. The van der Waals surface area contributed by atoms with Crippen molar-refractivity contribution < 1.29 is 4.74 Å². The molecule has 1 N–H and O–H groups in total. The molecule has 3 nitrogen and oxygen atoms in total. The van der Waals surface area contributed by atoms with Crippen LogP contribution in [0.2, 0.25) is 0 Å². The van der Waals surface area contributed by atoms with Crippen LogP contribution in [0.3, 0.4) is 0 Å². The van der Waals surface area contributed by atoms with Gasteiger partial charge in [-0.25, -0.2) is 0 Å². The molecule has 1 unspecified atom stereocenters. The maximum absolute atomic E-state index is 5.69. The molecule has 0 aliphatic carbocycles. The van der Waals surface area contributed by atoms with Crippen LogP contribution in [0.15, 0.2) is 0 Å². The number of hydrogen-bond donors (Lipinski definition) is 1. The first-order valence-electron chi connectivity index (χ1n) is 7.41. The van der Waals surface area contributed by atoms with Gasteiger partial charge in [-0.2, -0.15) is 0 Å². The largest absolute Gasteiger partial charge is 0.377 e. The molecule has 0 aromatic heterocycles. The fraction of sp³-hybridized carbons (Fsp3) is 1.00. The van der Waals surface area contributed by atoms with E-state index in [9.17, 15) is 0 Å². The van der Waals surface area contributed by atoms with E-state index in [1.807, 2.05) is 0 Å². The van der Waals surface area contributed by atoms with Crippen LogP contribution >= 0.6 is 0 Å². The van der Waals surface area contributed by atoms with Crippen molar-refractivity contribution in [2.75, 3.05) is 26.2 Å². The van der Waals surface area contributed by atoms with Crippen molar-refractivity contribution in [3.63, 3.8) is 0 Å². The number of nitrogens with one attached hydrogen (secondary N) is 1. The third-order valence-electron chi connectivity index (χ3n) is 3.69. The molecular weight excluding hydrogens is 224 g/mol. The Balaban J connectivity index is 2.44. The lowest BCUT2D eigenvalue weighted by Gasteiger charge is -2.46. The molecule has 0 bridgehead atoms. The highest BCUT2D eigenvalue weighted by Gasteiger charge is 2.33. The second-order valence-electron chi connectivity index (χ2n) is 6.89. The van der Waals surface area contributed by atoms with Crippen LogP contribution in [-0.2, 0) is 4.74 Å². The highest BCUT2D eigenvalue weighted by atomic mass is 16.5. The topological polar surface area (TPSA) is 24.5 Å². The van der Waals surface area contributed by atoms with Gasteiger partial charge in [-0.05, 0) is 40.0 Å². The van der Waals surface area contributed by atoms with Gasteiger partial charge in [-0.15, -0.1) is 0 Å². The Bertz CT molecular complexity index is 239. The van der Waals surface area contributed by atoms with Gasteiger partial charge >= 0.3 is 0 Å². The SMILES string of the molecule is CC(C)CC1CN(CCOC(C)C)C(C)(C)CN1. The lowest BCUT2D eigenvalue weighted by molar-refractivity contribution is 0.00901. The molecule has 18 heavy (non-hydrogen) atoms. The molecule has 1 fully saturated rings. The van der Waals surface area contributed by atoms with Crippen LogP contribution in [-0.4, -0.2) is 48.8 Å². The van der Waals surface area contributed by atoms with Gasteiger partial charge in [-0.1, -0.05) is 13.8 Å². The number of ether oxygens (including phenoxy) is 1. The second kappa shape index (κ2) is 6.88. The van der Waals surface area contributed by atoms with E-state index >= 15 is 0 Å². The fourth-order valence-electron chi connectivity index (χ4n) is 2.60. The molecule has 0 amide bonds. The molecule has 1 saturated heterocycles. The van der Waals surface area contributed by atoms with Gasteiger partial charge < -0.3 is 10.1 Å². The van der Waals surface area contributed by atoms with Crippen LogP contribution in [0, 0.1) is 5.92 Å². The quantitative estimate of drug-likeness (QED) is 0.790. The highest BCUT2D eigenvalue weighted by molar-refractivity contribution is 4.92. The molecule has 0 spiro atoms. The maximum atomic E-state index is 5.69. The Kier molecular flexibility index (Phi) is 6.09. The number of piperazine rings is 1. The zero-order chi connectivity index (χ0) is 13.8. The Morgan fingerprint density at radius 2 is 1.94 bits per heavy atom.